The number of esters is 1. The van der Waals surface area contributed by atoms with Crippen LogP contribution < -0.4 is 10.1 Å². The van der Waals surface area contributed by atoms with Gasteiger partial charge in [0.15, 0.2) is 0 Å². The zero-order valence-electron chi connectivity index (χ0n) is 20.4. The average molecular weight is 475 g/mol. The molecule has 0 saturated heterocycles. The molecule has 3 aromatic rings. The fraction of sp³-hybridized carbons (Fsp3) is 0.310. The van der Waals surface area contributed by atoms with Gasteiger partial charge in [0.05, 0.1) is 6.61 Å². The van der Waals surface area contributed by atoms with Gasteiger partial charge in [-0.2, -0.15) is 0 Å². The molecule has 0 spiro atoms. The molecule has 6 nitrogen and oxygen atoms in total. The van der Waals surface area contributed by atoms with Crippen LogP contribution in [0.2, 0.25) is 0 Å². The summed E-state index contributed by atoms with van der Waals surface area (Å²) in [6.07, 6.45) is 1.08. The van der Waals surface area contributed by atoms with Crippen LogP contribution in [0.15, 0.2) is 84.9 Å². The molecule has 0 aliphatic carbocycles. The molecule has 6 heteroatoms. The van der Waals surface area contributed by atoms with Crippen LogP contribution in [-0.2, 0) is 11.2 Å². The molecule has 2 amide bonds. The number of ether oxygens (including phenoxy) is 1. The molecule has 0 aromatic heterocycles. The summed E-state index contributed by atoms with van der Waals surface area (Å²) in [6, 6.07) is 25.5. The summed E-state index contributed by atoms with van der Waals surface area (Å²) in [5, 5.41) is 12.3. The van der Waals surface area contributed by atoms with Gasteiger partial charge < -0.3 is 20.1 Å². The molecule has 0 aliphatic rings. The van der Waals surface area contributed by atoms with E-state index in [1.165, 1.54) is 0 Å². The second-order valence-corrected chi connectivity index (χ2v) is 8.90. The molecule has 1 atom stereocenters. The molecule has 2 N–H and O–H groups in total. The van der Waals surface area contributed by atoms with Gasteiger partial charge in [-0.3, -0.25) is 0 Å². The summed E-state index contributed by atoms with van der Waals surface area (Å²) < 4.78 is 5.56. The fourth-order valence-corrected chi connectivity index (χ4v) is 3.66. The predicted molar refractivity (Wildman–Crippen MR) is 138 cm³/mol. The van der Waals surface area contributed by atoms with Gasteiger partial charge in [0.1, 0.15) is 11.8 Å². The Morgan fingerprint density at radius 1 is 0.857 bits per heavy atom. The van der Waals surface area contributed by atoms with Gasteiger partial charge in [-0.25, -0.2) is 9.59 Å². The minimum absolute atomic E-state index is 0.147. The first kappa shape index (κ1) is 26.0. The van der Waals surface area contributed by atoms with Crippen LogP contribution in [0.25, 0.3) is 11.1 Å². The Kier molecular flexibility index (Phi) is 9.87. The number of urea groups is 1. The lowest BCUT2D eigenvalue weighted by Gasteiger charge is -2.26. The van der Waals surface area contributed by atoms with Crippen molar-refractivity contribution in [2.75, 3.05) is 19.7 Å². The molecular formula is C29H34N2O4. The molecule has 0 fully saturated rings. The standard InChI is InChI=1S/C29H34N2O4/c1-22(2)17-18-31(19-20-32)29(34)30-27(28(33)35-26-11-7-4-8-12-26)21-23-13-15-25(16-14-23)24-9-5-3-6-10-24/h3-16,22,27,32H,17-21H2,1-2H3,(H,30,34)/t27-/m0/s1. The lowest BCUT2D eigenvalue weighted by Crippen LogP contribution is -2.51. The number of aliphatic hydroxyl groups excluding tert-OH is 1. The van der Waals surface area contributed by atoms with Crippen LogP contribution in [0.1, 0.15) is 25.8 Å². The Balaban J connectivity index is 1.76. The first-order chi connectivity index (χ1) is 17.0. The van der Waals surface area contributed by atoms with Gasteiger partial charge >= 0.3 is 12.0 Å². The molecule has 0 saturated carbocycles. The second kappa shape index (κ2) is 13.3. The number of aliphatic hydroxyl groups is 1. The smallest absolute Gasteiger partial charge is 0.334 e. The van der Waals surface area contributed by atoms with Crippen molar-refractivity contribution in [2.24, 2.45) is 5.92 Å². The molecule has 0 radical (unpaired) electrons. The summed E-state index contributed by atoms with van der Waals surface area (Å²) >= 11 is 0. The fourth-order valence-electron chi connectivity index (χ4n) is 3.66. The maximum Gasteiger partial charge on any atom is 0.334 e. The van der Waals surface area contributed by atoms with E-state index in [4.69, 9.17) is 4.74 Å². The first-order valence-electron chi connectivity index (χ1n) is 12.0. The molecule has 0 bridgehead atoms. The van der Waals surface area contributed by atoms with Gasteiger partial charge in [0.2, 0.25) is 0 Å². The van der Waals surface area contributed by atoms with Crippen molar-refractivity contribution in [2.45, 2.75) is 32.7 Å². The molecule has 35 heavy (non-hydrogen) atoms. The van der Waals surface area contributed by atoms with E-state index in [-0.39, 0.29) is 19.6 Å². The number of amides is 2. The number of rotatable bonds is 11. The summed E-state index contributed by atoms with van der Waals surface area (Å²) in [5.41, 5.74) is 3.08. The van der Waals surface area contributed by atoms with Crippen LogP contribution in [-0.4, -0.2) is 47.7 Å². The van der Waals surface area contributed by atoms with E-state index in [1.54, 1.807) is 29.2 Å². The lowest BCUT2D eigenvalue weighted by atomic mass is 10.0. The quantitative estimate of drug-likeness (QED) is 0.305. The van der Waals surface area contributed by atoms with Crippen LogP contribution in [0.4, 0.5) is 4.79 Å². The third-order valence-corrected chi connectivity index (χ3v) is 5.68. The highest BCUT2D eigenvalue weighted by Gasteiger charge is 2.26. The van der Waals surface area contributed by atoms with Gasteiger partial charge in [0.25, 0.3) is 0 Å². The number of carbonyl (C=O) groups is 2. The topological polar surface area (TPSA) is 78.9 Å². The highest BCUT2D eigenvalue weighted by molar-refractivity contribution is 5.85. The van der Waals surface area contributed by atoms with Crippen LogP contribution in [0.5, 0.6) is 5.75 Å². The third kappa shape index (κ3) is 8.26. The number of benzene rings is 3. The van der Waals surface area contributed by atoms with Crippen molar-refractivity contribution < 1.29 is 19.4 Å². The van der Waals surface area contributed by atoms with Gasteiger partial charge in [-0.05, 0) is 41.2 Å². The molecule has 0 heterocycles. The molecule has 3 aromatic carbocycles. The predicted octanol–water partition coefficient (Wildman–Crippen LogP) is 4.92. The van der Waals surface area contributed by atoms with E-state index in [0.717, 1.165) is 23.1 Å². The van der Waals surface area contributed by atoms with Gasteiger partial charge in [-0.15, -0.1) is 0 Å². The highest BCUT2D eigenvalue weighted by atomic mass is 16.5. The van der Waals surface area contributed by atoms with Crippen molar-refractivity contribution >= 4 is 12.0 Å². The molecule has 0 unspecified atom stereocenters. The minimum Gasteiger partial charge on any atom is -0.425 e. The monoisotopic (exact) mass is 474 g/mol. The van der Waals surface area contributed by atoms with E-state index in [1.807, 2.05) is 60.7 Å². The minimum atomic E-state index is -0.884. The summed E-state index contributed by atoms with van der Waals surface area (Å²) in [4.78, 5) is 27.7. The number of nitrogens with zero attached hydrogens (tertiary/aromatic N) is 1. The third-order valence-electron chi connectivity index (χ3n) is 5.68. The Morgan fingerprint density at radius 3 is 2.06 bits per heavy atom. The average Bonchev–Trinajstić information content (AvgIpc) is 2.87. The van der Waals surface area contributed by atoms with Crippen molar-refractivity contribution in [3.05, 3.63) is 90.5 Å². The molecular weight excluding hydrogens is 440 g/mol. The van der Waals surface area contributed by atoms with Crippen molar-refractivity contribution in [1.29, 1.82) is 0 Å². The number of carbonyl (C=O) groups excluding carboxylic acids is 2. The lowest BCUT2D eigenvalue weighted by molar-refractivity contribution is -0.136. The highest BCUT2D eigenvalue weighted by Crippen LogP contribution is 2.20. The molecule has 3 rings (SSSR count). The van der Waals surface area contributed by atoms with E-state index in [2.05, 4.69) is 19.2 Å². The van der Waals surface area contributed by atoms with E-state index in [0.29, 0.717) is 18.2 Å². The number of hydrogen-bond acceptors (Lipinski definition) is 4. The Bertz CT molecular complexity index is 1050. The van der Waals surface area contributed by atoms with Crippen molar-refractivity contribution in [3.8, 4) is 16.9 Å². The zero-order valence-corrected chi connectivity index (χ0v) is 20.4. The van der Waals surface area contributed by atoms with E-state index >= 15 is 0 Å². The summed E-state index contributed by atoms with van der Waals surface area (Å²) in [5.74, 6) is 0.290. The Labute approximate surface area is 207 Å². The van der Waals surface area contributed by atoms with Crippen LogP contribution in [0.3, 0.4) is 0 Å². The number of nitrogens with one attached hydrogen (secondary N) is 1. The van der Waals surface area contributed by atoms with Crippen molar-refractivity contribution in [1.82, 2.24) is 10.2 Å². The summed E-state index contributed by atoms with van der Waals surface area (Å²) in [6.45, 7) is 4.70. The summed E-state index contributed by atoms with van der Waals surface area (Å²) in [7, 11) is 0. The second-order valence-electron chi connectivity index (χ2n) is 8.90. The van der Waals surface area contributed by atoms with Gasteiger partial charge in [-0.1, -0.05) is 86.6 Å². The Hall–Kier alpha value is -3.64. The van der Waals surface area contributed by atoms with Crippen LogP contribution in [0, 0.1) is 5.92 Å². The SMILES string of the molecule is CC(C)CCN(CCO)C(=O)N[C@@H](Cc1ccc(-c2ccccc2)cc1)C(=O)Oc1ccccc1. The van der Waals surface area contributed by atoms with Crippen molar-refractivity contribution in [3.63, 3.8) is 0 Å². The van der Waals surface area contributed by atoms with Gasteiger partial charge in [0, 0.05) is 19.5 Å². The van der Waals surface area contributed by atoms with E-state index < -0.39 is 18.0 Å². The normalized spacial score (nSPS) is 11.7. The maximum atomic E-state index is 13.1. The number of hydrogen-bond donors (Lipinski definition) is 2. The molecule has 0 aliphatic heterocycles. The zero-order chi connectivity index (χ0) is 25.0. The van der Waals surface area contributed by atoms with E-state index in [9.17, 15) is 14.7 Å². The largest absolute Gasteiger partial charge is 0.425 e. The molecule has 184 valence electrons. The van der Waals surface area contributed by atoms with Crippen LogP contribution >= 0.6 is 0 Å². The first-order valence-corrected chi connectivity index (χ1v) is 12.0. The number of para-hydroxylation sites is 1. The maximum absolute atomic E-state index is 13.1. The Morgan fingerprint density at radius 2 is 1.46 bits per heavy atom.